The van der Waals surface area contributed by atoms with Crippen molar-refractivity contribution in [1.82, 2.24) is 0 Å². The van der Waals surface area contributed by atoms with Gasteiger partial charge in [-0.25, -0.2) is 0 Å². The number of carbonyl (C=O) groups is 1. The third-order valence-corrected chi connectivity index (χ3v) is 5.09. The highest BCUT2D eigenvalue weighted by Gasteiger charge is 2.17. The van der Waals surface area contributed by atoms with Crippen LogP contribution in [0.3, 0.4) is 0 Å². The summed E-state index contributed by atoms with van der Waals surface area (Å²) < 4.78 is 22.0. The number of amides is 1. The van der Waals surface area contributed by atoms with Gasteiger partial charge in [-0.05, 0) is 49.8 Å². The number of hydrogen-bond donors (Lipinski definition) is 1. The van der Waals surface area contributed by atoms with E-state index in [2.05, 4.69) is 5.32 Å². The zero-order valence-electron chi connectivity index (χ0n) is 17.3. The van der Waals surface area contributed by atoms with E-state index in [0.29, 0.717) is 41.9 Å². The predicted molar refractivity (Wildman–Crippen MR) is 112 cm³/mol. The van der Waals surface area contributed by atoms with Gasteiger partial charge in [0.2, 0.25) is 11.7 Å². The average Bonchev–Trinajstić information content (AvgIpc) is 3.24. The number of nitrogens with one attached hydrogen (secondary N) is 1. The summed E-state index contributed by atoms with van der Waals surface area (Å²) in [5.74, 6) is 2.30. The van der Waals surface area contributed by atoms with E-state index in [0.717, 1.165) is 24.2 Å². The normalized spacial score (nSPS) is 13.8. The van der Waals surface area contributed by atoms with E-state index in [1.807, 2.05) is 24.3 Å². The van der Waals surface area contributed by atoms with Crippen molar-refractivity contribution in [1.29, 1.82) is 0 Å². The van der Waals surface area contributed by atoms with E-state index < -0.39 is 0 Å². The number of ether oxygens (including phenoxy) is 4. The Kier molecular flexibility index (Phi) is 7.22. The van der Waals surface area contributed by atoms with Gasteiger partial charge in [0, 0.05) is 24.2 Å². The van der Waals surface area contributed by atoms with Crippen molar-refractivity contribution in [2.24, 2.45) is 0 Å². The van der Waals surface area contributed by atoms with Crippen molar-refractivity contribution in [2.45, 2.75) is 44.6 Å². The van der Waals surface area contributed by atoms with E-state index in [-0.39, 0.29) is 5.91 Å². The second kappa shape index (κ2) is 10.0. The van der Waals surface area contributed by atoms with Gasteiger partial charge in [0.25, 0.3) is 0 Å². The third-order valence-electron chi connectivity index (χ3n) is 5.09. The molecule has 2 aromatic carbocycles. The van der Waals surface area contributed by atoms with Gasteiger partial charge in [0.1, 0.15) is 5.75 Å². The second-order valence-electron chi connectivity index (χ2n) is 7.13. The van der Waals surface area contributed by atoms with Crippen molar-refractivity contribution in [3.63, 3.8) is 0 Å². The molecular weight excluding hydrogens is 370 g/mol. The predicted octanol–water partition coefficient (Wildman–Crippen LogP) is 4.61. The van der Waals surface area contributed by atoms with E-state index in [1.54, 1.807) is 33.5 Å². The fourth-order valence-corrected chi connectivity index (χ4v) is 3.61. The molecule has 1 fully saturated rings. The van der Waals surface area contributed by atoms with Crippen molar-refractivity contribution in [3.8, 4) is 23.0 Å². The van der Waals surface area contributed by atoms with Gasteiger partial charge < -0.3 is 24.3 Å². The smallest absolute Gasteiger partial charge is 0.224 e. The molecule has 1 amide bonds. The second-order valence-corrected chi connectivity index (χ2v) is 7.13. The number of anilines is 1. The molecule has 1 aliphatic carbocycles. The number of rotatable bonds is 9. The Balaban J connectivity index is 1.58. The third kappa shape index (κ3) is 5.56. The first-order chi connectivity index (χ1) is 14.1. The van der Waals surface area contributed by atoms with Crippen molar-refractivity contribution >= 4 is 11.6 Å². The fraction of sp³-hybridized carbons (Fsp3) is 0.435. The molecule has 0 saturated heterocycles. The largest absolute Gasteiger partial charge is 0.493 e. The lowest BCUT2D eigenvalue weighted by atomic mass is 10.1. The Labute approximate surface area is 172 Å². The highest BCUT2D eigenvalue weighted by atomic mass is 16.5. The van der Waals surface area contributed by atoms with Crippen LogP contribution in [-0.4, -0.2) is 33.3 Å². The zero-order valence-corrected chi connectivity index (χ0v) is 17.3. The van der Waals surface area contributed by atoms with Crippen LogP contribution in [0.2, 0.25) is 0 Å². The first kappa shape index (κ1) is 20.8. The van der Waals surface area contributed by atoms with Crippen LogP contribution in [0.5, 0.6) is 23.0 Å². The summed E-state index contributed by atoms with van der Waals surface area (Å²) in [7, 11) is 4.64. The first-order valence-corrected chi connectivity index (χ1v) is 9.98. The molecule has 6 heteroatoms. The van der Waals surface area contributed by atoms with E-state index in [9.17, 15) is 4.79 Å². The molecule has 156 valence electrons. The molecule has 1 N–H and O–H groups in total. The topological polar surface area (TPSA) is 66.0 Å². The molecule has 0 heterocycles. The van der Waals surface area contributed by atoms with Gasteiger partial charge in [-0.1, -0.05) is 12.1 Å². The molecule has 0 unspecified atom stereocenters. The molecule has 1 saturated carbocycles. The van der Waals surface area contributed by atoms with E-state index in [1.165, 1.54) is 12.8 Å². The number of aryl methyl sites for hydroxylation is 1. The fourth-order valence-electron chi connectivity index (χ4n) is 3.61. The Bertz CT molecular complexity index is 805. The summed E-state index contributed by atoms with van der Waals surface area (Å²) in [5.41, 5.74) is 1.68. The number of hydrogen-bond acceptors (Lipinski definition) is 5. The van der Waals surface area contributed by atoms with E-state index >= 15 is 0 Å². The summed E-state index contributed by atoms with van der Waals surface area (Å²) in [4.78, 5) is 12.4. The van der Waals surface area contributed by atoms with Gasteiger partial charge in [0.05, 0.1) is 27.4 Å². The Morgan fingerprint density at radius 1 is 1.00 bits per heavy atom. The number of carbonyl (C=O) groups excluding carboxylic acids is 1. The molecule has 0 radical (unpaired) electrons. The van der Waals surface area contributed by atoms with Gasteiger partial charge in [-0.2, -0.15) is 0 Å². The minimum absolute atomic E-state index is 0.0820. The SMILES string of the molecule is COc1cc(NC(=O)CCc2cccc(OC3CCCC3)c2)cc(OC)c1OC. The van der Waals surface area contributed by atoms with Gasteiger partial charge >= 0.3 is 0 Å². The molecular formula is C23H29NO5. The lowest BCUT2D eigenvalue weighted by Gasteiger charge is -2.15. The van der Waals surface area contributed by atoms with Crippen LogP contribution < -0.4 is 24.3 Å². The lowest BCUT2D eigenvalue weighted by molar-refractivity contribution is -0.116. The summed E-state index contributed by atoms with van der Waals surface area (Å²) in [6.45, 7) is 0. The van der Waals surface area contributed by atoms with Crippen molar-refractivity contribution < 1.29 is 23.7 Å². The molecule has 2 aromatic rings. The maximum atomic E-state index is 12.4. The standard InChI is InChI=1S/C23H29NO5/c1-26-20-14-17(15-21(27-2)23(20)28-3)24-22(25)12-11-16-7-6-10-19(13-16)29-18-8-4-5-9-18/h6-7,10,13-15,18H,4-5,8-9,11-12H2,1-3H3,(H,24,25). The Morgan fingerprint density at radius 3 is 2.31 bits per heavy atom. The first-order valence-electron chi connectivity index (χ1n) is 9.98. The molecule has 0 atom stereocenters. The Hall–Kier alpha value is -2.89. The summed E-state index contributed by atoms with van der Waals surface area (Å²) in [5, 5.41) is 2.90. The molecule has 0 aliphatic heterocycles. The van der Waals surface area contributed by atoms with Crippen LogP contribution in [-0.2, 0) is 11.2 Å². The molecule has 3 rings (SSSR count). The van der Waals surface area contributed by atoms with Crippen LogP contribution in [0, 0.1) is 0 Å². The van der Waals surface area contributed by atoms with Gasteiger partial charge in [-0.3, -0.25) is 4.79 Å². The van der Waals surface area contributed by atoms with Crippen LogP contribution in [0.4, 0.5) is 5.69 Å². The van der Waals surface area contributed by atoms with E-state index in [4.69, 9.17) is 18.9 Å². The quantitative estimate of drug-likeness (QED) is 0.667. The monoisotopic (exact) mass is 399 g/mol. The number of benzene rings is 2. The lowest BCUT2D eigenvalue weighted by Crippen LogP contribution is -2.13. The van der Waals surface area contributed by atoms with Gasteiger partial charge in [0.15, 0.2) is 11.5 Å². The van der Waals surface area contributed by atoms with Crippen molar-refractivity contribution in [3.05, 3.63) is 42.0 Å². The minimum atomic E-state index is -0.0820. The molecule has 0 spiro atoms. The van der Waals surface area contributed by atoms with Crippen LogP contribution in [0.25, 0.3) is 0 Å². The van der Waals surface area contributed by atoms with Crippen LogP contribution >= 0.6 is 0 Å². The minimum Gasteiger partial charge on any atom is -0.493 e. The zero-order chi connectivity index (χ0) is 20.6. The summed E-state index contributed by atoms with van der Waals surface area (Å²) in [6.07, 6.45) is 6.06. The molecule has 0 aromatic heterocycles. The summed E-state index contributed by atoms with van der Waals surface area (Å²) in [6, 6.07) is 11.5. The highest BCUT2D eigenvalue weighted by Crippen LogP contribution is 2.40. The van der Waals surface area contributed by atoms with Crippen LogP contribution in [0.15, 0.2) is 36.4 Å². The average molecular weight is 399 g/mol. The van der Waals surface area contributed by atoms with Crippen molar-refractivity contribution in [2.75, 3.05) is 26.6 Å². The molecule has 29 heavy (non-hydrogen) atoms. The maximum Gasteiger partial charge on any atom is 0.224 e. The molecule has 1 aliphatic rings. The van der Waals surface area contributed by atoms with Gasteiger partial charge in [-0.15, -0.1) is 0 Å². The number of methoxy groups -OCH3 is 3. The summed E-state index contributed by atoms with van der Waals surface area (Å²) >= 11 is 0. The maximum absolute atomic E-state index is 12.4. The van der Waals surface area contributed by atoms with Crippen LogP contribution in [0.1, 0.15) is 37.7 Å². The molecule has 0 bridgehead atoms. The Morgan fingerprint density at radius 2 is 1.69 bits per heavy atom. The highest BCUT2D eigenvalue weighted by molar-refractivity contribution is 5.91. The molecule has 6 nitrogen and oxygen atoms in total.